The monoisotopic (exact) mass is 259 g/mol. The van der Waals surface area contributed by atoms with Crippen molar-refractivity contribution in [3.8, 4) is 5.75 Å². The zero-order chi connectivity index (χ0) is 10.7. The van der Waals surface area contributed by atoms with Gasteiger partial charge in [0.2, 0.25) is 0 Å². The molecule has 0 heterocycles. The van der Waals surface area contributed by atoms with Crippen molar-refractivity contribution in [2.45, 2.75) is 13.8 Å². The summed E-state index contributed by atoms with van der Waals surface area (Å²) in [5.74, 6) is 0.301. The molecule has 0 aliphatic heterocycles. The number of nitrogens with zero attached hydrogens (tertiary/aromatic N) is 1. The van der Waals surface area contributed by atoms with Crippen LogP contribution in [0.1, 0.15) is 12.5 Å². The van der Waals surface area contributed by atoms with E-state index in [4.69, 9.17) is 4.74 Å². The van der Waals surface area contributed by atoms with E-state index in [-0.39, 0.29) is 5.69 Å². The smallest absolute Gasteiger partial charge is 0.311 e. The molecular weight excluding hydrogens is 250 g/mol. The zero-order valence-corrected chi connectivity index (χ0v) is 9.50. The first-order chi connectivity index (χ1) is 6.56. The third kappa shape index (κ3) is 2.23. The van der Waals surface area contributed by atoms with Crippen LogP contribution in [0.15, 0.2) is 16.6 Å². The number of rotatable bonds is 3. The van der Waals surface area contributed by atoms with Crippen molar-refractivity contribution in [3.63, 3.8) is 0 Å². The lowest BCUT2D eigenvalue weighted by Crippen LogP contribution is -1.98. The summed E-state index contributed by atoms with van der Waals surface area (Å²) in [5, 5.41) is 10.7. The summed E-state index contributed by atoms with van der Waals surface area (Å²) < 4.78 is 5.97. The van der Waals surface area contributed by atoms with Gasteiger partial charge in [-0.1, -0.05) is 15.9 Å². The molecule has 0 fully saturated rings. The maximum Gasteiger partial charge on any atom is 0.311 e. The SMILES string of the molecule is CCOc1cc(Br)c(C)cc1[N+](=O)[O-]. The molecule has 76 valence electrons. The van der Waals surface area contributed by atoms with Gasteiger partial charge in [-0.25, -0.2) is 0 Å². The van der Waals surface area contributed by atoms with E-state index in [1.807, 2.05) is 0 Å². The van der Waals surface area contributed by atoms with Gasteiger partial charge in [0.1, 0.15) is 0 Å². The fourth-order valence-corrected chi connectivity index (χ4v) is 1.38. The number of ether oxygens (including phenoxy) is 1. The molecule has 1 aromatic rings. The Labute approximate surface area is 90.2 Å². The molecule has 0 amide bonds. The van der Waals surface area contributed by atoms with E-state index >= 15 is 0 Å². The largest absolute Gasteiger partial charge is 0.487 e. The molecular formula is C9H10BrNO3. The molecule has 0 aliphatic rings. The van der Waals surface area contributed by atoms with Crippen molar-refractivity contribution in [2.24, 2.45) is 0 Å². The number of halogens is 1. The fourth-order valence-electron chi connectivity index (χ4n) is 1.06. The van der Waals surface area contributed by atoms with E-state index < -0.39 is 4.92 Å². The van der Waals surface area contributed by atoms with Gasteiger partial charge < -0.3 is 4.74 Å². The average Bonchev–Trinajstić information content (AvgIpc) is 2.11. The van der Waals surface area contributed by atoms with Gasteiger partial charge in [-0.05, 0) is 19.4 Å². The van der Waals surface area contributed by atoms with Crippen LogP contribution in [-0.4, -0.2) is 11.5 Å². The standard InChI is InChI=1S/C9H10BrNO3/c1-3-14-9-5-7(10)6(2)4-8(9)11(12)13/h4-5H,3H2,1-2H3. The number of hydrogen-bond acceptors (Lipinski definition) is 3. The molecule has 1 rings (SSSR count). The molecule has 14 heavy (non-hydrogen) atoms. The normalized spacial score (nSPS) is 9.93. The van der Waals surface area contributed by atoms with E-state index in [0.717, 1.165) is 10.0 Å². The summed E-state index contributed by atoms with van der Waals surface area (Å²) in [7, 11) is 0. The minimum atomic E-state index is -0.440. The second kappa shape index (κ2) is 4.41. The topological polar surface area (TPSA) is 52.4 Å². The second-order valence-corrected chi connectivity index (χ2v) is 3.61. The van der Waals surface area contributed by atoms with E-state index in [1.54, 1.807) is 19.9 Å². The first kappa shape index (κ1) is 11.0. The summed E-state index contributed by atoms with van der Waals surface area (Å²) >= 11 is 3.30. The van der Waals surface area contributed by atoms with E-state index in [9.17, 15) is 10.1 Å². The Balaban J connectivity index is 3.24. The fraction of sp³-hybridized carbons (Fsp3) is 0.333. The lowest BCUT2D eigenvalue weighted by atomic mass is 10.2. The molecule has 0 aliphatic carbocycles. The quantitative estimate of drug-likeness (QED) is 0.619. The molecule has 4 nitrogen and oxygen atoms in total. The molecule has 0 radical (unpaired) electrons. The van der Waals surface area contributed by atoms with Gasteiger partial charge in [0.25, 0.3) is 0 Å². The van der Waals surface area contributed by atoms with Crippen molar-refractivity contribution >= 4 is 21.6 Å². The molecule has 0 saturated carbocycles. The van der Waals surface area contributed by atoms with Gasteiger partial charge >= 0.3 is 5.69 Å². The highest BCUT2D eigenvalue weighted by Gasteiger charge is 2.16. The lowest BCUT2D eigenvalue weighted by molar-refractivity contribution is -0.385. The second-order valence-electron chi connectivity index (χ2n) is 2.76. The van der Waals surface area contributed by atoms with Gasteiger partial charge in [-0.15, -0.1) is 0 Å². The molecule has 5 heteroatoms. The minimum Gasteiger partial charge on any atom is -0.487 e. The van der Waals surface area contributed by atoms with E-state index in [2.05, 4.69) is 15.9 Å². The van der Waals surface area contributed by atoms with E-state index in [0.29, 0.717) is 12.4 Å². The van der Waals surface area contributed by atoms with Crippen molar-refractivity contribution in [2.75, 3.05) is 6.61 Å². The highest BCUT2D eigenvalue weighted by molar-refractivity contribution is 9.10. The summed E-state index contributed by atoms with van der Waals surface area (Å²) in [6.07, 6.45) is 0. The van der Waals surface area contributed by atoms with Crippen molar-refractivity contribution in [1.29, 1.82) is 0 Å². The maximum atomic E-state index is 10.7. The highest BCUT2D eigenvalue weighted by atomic mass is 79.9. The van der Waals surface area contributed by atoms with Crippen LogP contribution in [0.25, 0.3) is 0 Å². The van der Waals surface area contributed by atoms with Gasteiger partial charge in [0.05, 0.1) is 11.5 Å². The van der Waals surface area contributed by atoms with Crippen LogP contribution >= 0.6 is 15.9 Å². The predicted molar refractivity (Wildman–Crippen MR) is 56.7 cm³/mol. The first-order valence-electron chi connectivity index (χ1n) is 4.13. The zero-order valence-electron chi connectivity index (χ0n) is 7.91. The number of nitro groups is 1. The average molecular weight is 260 g/mol. The van der Waals surface area contributed by atoms with Crippen LogP contribution in [0.4, 0.5) is 5.69 Å². The van der Waals surface area contributed by atoms with Gasteiger partial charge in [0.15, 0.2) is 5.75 Å². The molecule has 0 unspecified atom stereocenters. The Morgan fingerprint density at radius 2 is 2.21 bits per heavy atom. The third-order valence-corrected chi connectivity index (χ3v) is 2.59. The van der Waals surface area contributed by atoms with Crippen LogP contribution in [0.2, 0.25) is 0 Å². The summed E-state index contributed by atoms with van der Waals surface area (Å²) in [6, 6.07) is 3.12. The number of hydrogen-bond donors (Lipinski definition) is 0. The Morgan fingerprint density at radius 1 is 1.57 bits per heavy atom. The molecule has 0 atom stereocenters. The molecule has 0 spiro atoms. The van der Waals surface area contributed by atoms with Crippen molar-refractivity contribution < 1.29 is 9.66 Å². The summed E-state index contributed by atoms with van der Waals surface area (Å²) in [5.41, 5.74) is 0.827. The Bertz CT molecular complexity index is 365. The van der Waals surface area contributed by atoms with Gasteiger partial charge in [0, 0.05) is 16.6 Å². The van der Waals surface area contributed by atoms with Crippen LogP contribution in [0, 0.1) is 17.0 Å². The summed E-state index contributed by atoms with van der Waals surface area (Å²) in [4.78, 5) is 10.2. The molecule has 0 saturated heterocycles. The number of aryl methyl sites for hydroxylation is 1. The van der Waals surface area contributed by atoms with Crippen LogP contribution in [-0.2, 0) is 0 Å². The highest BCUT2D eigenvalue weighted by Crippen LogP contribution is 2.32. The van der Waals surface area contributed by atoms with E-state index in [1.165, 1.54) is 6.07 Å². The number of nitro benzene ring substituents is 1. The van der Waals surface area contributed by atoms with Crippen LogP contribution in [0.3, 0.4) is 0 Å². The Hall–Kier alpha value is -1.10. The third-order valence-electron chi connectivity index (χ3n) is 1.74. The summed E-state index contributed by atoms with van der Waals surface area (Å²) in [6.45, 7) is 4.00. The first-order valence-corrected chi connectivity index (χ1v) is 4.93. The minimum absolute atomic E-state index is 0.00699. The Morgan fingerprint density at radius 3 is 2.71 bits per heavy atom. The van der Waals surface area contributed by atoms with Crippen molar-refractivity contribution in [3.05, 3.63) is 32.3 Å². The van der Waals surface area contributed by atoms with Gasteiger partial charge in [-0.3, -0.25) is 10.1 Å². The molecule has 0 bridgehead atoms. The molecule has 1 aromatic carbocycles. The predicted octanol–water partition coefficient (Wildman–Crippen LogP) is 3.06. The van der Waals surface area contributed by atoms with Crippen molar-refractivity contribution in [1.82, 2.24) is 0 Å². The maximum absolute atomic E-state index is 10.7. The molecule has 0 aromatic heterocycles. The number of benzene rings is 1. The van der Waals surface area contributed by atoms with Crippen LogP contribution in [0.5, 0.6) is 5.75 Å². The Kier molecular flexibility index (Phi) is 3.46. The molecule has 0 N–H and O–H groups in total. The van der Waals surface area contributed by atoms with Gasteiger partial charge in [-0.2, -0.15) is 0 Å². The lowest BCUT2D eigenvalue weighted by Gasteiger charge is -2.06. The van der Waals surface area contributed by atoms with Crippen LogP contribution < -0.4 is 4.74 Å².